The first-order valence-corrected chi connectivity index (χ1v) is 7.46. The van der Waals surface area contributed by atoms with Gasteiger partial charge in [-0.05, 0) is 30.6 Å². The molecule has 0 spiro atoms. The monoisotopic (exact) mass is 234 g/mol. The number of hydrogen-bond donors (Lipinski definition) is 2. The summed E-state index contributed by atoms with van der Waals surface area (Å²) < 4.78 is 21.9. The summed E-state index contributed by atoms with van der Waals surface area (Å²) in [5.74, 6) is 6.35. The second-order valence-electron chi connectivity index (χ2n) is 5.34. The maximum Gasteiger partial charge on any atom is 0.147 e. The largest absolute Gasteiger partial charge is 0.271 e. The molecule has 5 heteroatoms. The fourth-order valence-electron chi connectivity index (χ4n) is 2.16. The molecule has 1 fully saturated rings. The Morgan fingerprint density at radius 3 is 2.40 bits per heavy atom. The quantitative estimate of drug-likeness (QED) is 0.524. The lowest BCUT2D eigenvalue weighted by Gasteiger charge is -2.17. The van der Waals surface area contributed by atoms with E-state index in [4.69, 9.17) is 5.84 Å². The van der Waals surface area contributed by atoms with Crippen LogP contribution in [-0.4, -0.2) is 26.5 Å². The van der Waals surface area contributed by atoms with Gasteiger partial charge in [-0.25, -0.2) is 8.42 Å². The van der Waals surface area contributed by atoms with Gasteiger partial charge in [0.25, 0.3) is 0 Å². The van der Waals surface area contributed by atoms with Gasteiger partial charge < -0.3 is 0 Å². The van der Waals surface area contributed by atoms with Crippen molar-refractivity contribution in [1.82, 2.24) is 5.43 Å². The van der Waals surface area contributed by atoms with E-state index in [9.17, 15) is 8.42 Å². The molecule has 90 valence electrons. The van der Waals surface area contributed by atoms with Crippen molar-refractivity contribution in [3.63, 3.8) is 0 Å². The van der Waals surface area contributed by atoms with E-state index >= 15 is 0 Å². The van der Waals surface area contributed by atoms with Crippen molar-refractivity contribution in [2.45, 2.75) is 39.2 Å². The molecule has 0 amide bonds. The highest BCUT2D eigenvalue weighted by Crippen LogP contribution is 2.54. The predicted octanol–water partition coefficient (Wildman–Crippen LogP) is 0.689. The van der Waals surface area contributed by atoms with Gasteiger partial charge >= 0.3 is 0 Å². The Morgan fingerprint density at radius 2 is 2.07 bits per heavy atom. The van der Waals surface area contributed by atoms with Gasteiger partial charge in [0.1, 0.15) is 9.84 Å². The Balaban J connectivity index is 2.30. The Kier molecular flexibility index (Phi) is 3.79. The summed E-state index contributed by atoms with van der Waals surface area (Å²) in [5, 5.41) is 0. The first kappa shape index (κ1) is 12.9. The van der Waals surface area contributed by atoms with Gasteiger partial charge in [0.05, 0.1) is 0 Å². The van der Waals surface area contributed by atoms with E-state index in [0.717, 1.165) is 6.42 Å². The van der Waals surface area contributed by atoms with Gasteiger partial charge in [0, 0.05) is 18.1 Å². The minimum absolute atomic E-state index is 0.262. The zero-order chi connectivity index (χ0) is 11.7. The third-order valence-electron chi connectivity index (χ3n) is 3.32. The standard InChI is InChI=1S/C10H22N2O2S/c1-10(2)7-8(10)9(12-11)5-4-6-15(3,13)14/h8-9,12H,4-7,11H2,1-3H3. The van der Waals surface area contributed by atoms with Crippen molar-refractivity contribution in [1.29, 1.82) is 0 Å². The number of rotatable bonds is 6. The maximum absolute atomic E-state index is 11.0. The molecule has 0 aromatic rings. The van der Waals surface area contributed by atoms with Crippen LogP contribution in [0, 0.1) is 11.3 Å². The molecule has 0 heterocycles. The average Bonchev–Trinajstić information content (AvgIpc) is 2.67. The number of hydrogen-bond acceptors (Lipinski definition) is 4. The molecule has 1 aliphatic carbocycles. The van der Waals surface area contributed by atoms with Crippen molar-refractivity contribution in [2.75, 3.05) is 12.0 Å². The fraction of sp³-hybridized carbons (Fsp3) is 1.00. The van der Waals surface area contributed by atoms with E-state index in [-0.39, 0.29) is 11.8 Å². The molecule has 1 rings (SSSR count). The van der Waals surface area contributed by atoms with Crippen LogP contribution in [0.1, 0.15) is 33.1 Å². The van der Waals surface area contributed by atoms with E-state index in [1.165, 1.54) is 12.7 Å². The average molecular weight is 234 g/mol. The zero-order valence-corrected chi connectivity index (χ0v) is 10.6. The number of nitrogens with two attached hydrogens (primary N) is 1. The topological polar surface area (TPSA) is 72.2 Å². The Morgan fingerprint density at radius 1 is 1.53 bits per heavy atom. The molecule has 15 heavy (non-hydrogen) atoms. The first-order valence-electron chi connectivity index (χ1n) is 5.40. The lowest BCUT2D eigenvalue weighted by Crippen LogP contribution is -2.38. The maximum atomic E-state index is 11.0. The molecule has 2 unspecified atom stereocenters. The van der Waals surface area contributed by atoms with E-state index in [1.54, 1.807) is 0 Å². The van der Waals surface area contributed by atoms with Crippen molar-refractivity contribution in [3.05, 3.63) is 0 Å². The van der Waals surface area contributed by atoms with Gasteiger partial charge in [-0.1, -0.05) is 13.8 Å². The third kappa shape index (κ3) is 4.09. The van der Waals surface area contributed by atoms with Crippen LogP contribution in [0.4, 0.5) is 0 Å². The molecule has 0 aromatic carbocycles. The van der Waals surface area contributed by atoms with Crippen LogP contribution < -0.4 is 11.3 Å². The van der Waals surface area contributed by atoms with E-state index in [1.807, 2.05) is 0 Å². The Hall–Kier alpha value is -0.130. The summed E-state index contributed by atoms with van der Waals surface area (Å²) in [4.78, 5) is 0. The normalized spacial score (nSPS) is 26.3. The zero-order valence-electron chi connectivity index (χ0n) is 9.79. The van der Waals surface area contributed by atoms with Gasteiger partial charge in [0.15, 0.2) is 0 Å². The molecular weight excluding hydrogens is 212 g/mol. The van der Waals surface area contributed by atoms with E-state index in [0.29, 0.717) is 17.8 Å². The van der Waals surface area contributed by atoms with Crippen LogP contribution in [0.3, 0.4) is 0 Å². The van der Waals surface area contributed by atoms with Crippen molar-refractivity contribution >= 4 is 9.84 Å². The minimum atomic E-state index is -2.83. The molecule has 2 atom stereocenters. The molecule has 0 aliphatic heterocycles. The van der Waals surface area contributed by atoms with Crippen LogP contribution in [0.2, 0.25) is 0 Å². The van der Waals surface area contributed by atoms with Crippen molar-refractivity contribution < 1.29 is 8.42 Å². The summed E-state index contributed by atoms with van der Waals surface area (Å²) in [6.45, 7) is 4.44. The van der Waals surface area contributed by atoms with Crippen molar-refractivity contribution in [2.24, 2.45) is 17.2 Å². The molecule has 0 aromatic heterocycles. The minimum Gasteiger partial charge on any atom is -0.271 e. The molecule has 3 N–H and O–H groups in total. The third-order valence-corrected chi connectivity index (χ3v) is 4.35. The van der Waals surface area contributed by atoms with Crippen LogP contribution >= 0.6 is 0 Å². The number of nitrogens with one attached hydrogen (secondary N) is 1. The van der Waals surface area contributed by atoms with Gasteiger partial charge in [-0.15, -0.1) is 0 Å². The van der Waals surface area contributed by atoms with Crippen molar-refractivity contribution in [3.8, 4) is 0 Å². The summed E-state index contributed by atoms with van der Waals surface area (Å²) in [6.07, 6.45) is 4.00. The van der Waals surface area contributed by atoms with Crippen LogP contribution in [0.15, 0.2) is 0 Å². The number of hydrazine groups is 1. The lowest BCUT2D eigenvalue weighted by molar-refractivity contribution is 0.388. The molecule has 0 bridgehead atoms. The molecule has 1 saturated carbocycles. The highest BCUT2D eigenvalue weighted by Gasteiger charge is 2.49. The van der Waals surface area contributed by atoms with Crippen LogP contribution in [-0.2, 0) is 9.84 Å². The van der Waals surface area contributed by atoms with Gasteiger partial charge in [-0.2, -0.15) is 0 Å². The highest BCUT2D eigenvalue weighted by atomic mass is 32.2. The second kappa shape index (κ2) is 4.39. The fourth-order valence-corrected chi connectivity index (χ4v) is 2.85. The van der Waals surface area contributed by atoms with E-state index < -0.39 is 9.84 Å². The van der Waals surface area contributed by atoms with Crippen LogP contribution in [0.5, 0.6) is 0 Å². The predicted molar refractivity (Wildman–Crippen MR) is 61.9 cm³/mol. The summed E-state index contributed by atoms with van der Waals surface area (Å²) in [5.41, 5.74) is 3.19. The first-order chi connectivity index (χ1) is 6.76. The molecular formula is C10H22N2O2S. The lowest BCUT2D eigenvalue weighted by atomic mass is 10.0. The Bertz CT molecular complexity index is 311. The molecule has 1 aliphatic rings. The second-order valence-corrected chi connectivity index (χ2v) is 7.60. The summed E-state index contributed by atoms with van der Waals surface area (Å²) in [6, 6.07) is 0.266. The molecule has 4 nitrogen and oxygen atoms in total. The SMILES string of the molecule is CC1(C)CC1C(CCCS(C)(=O)=O)NN. The summed E-state index contributed by atoms with van der Waals surface area (Å²) in [7, 11) is -2.83. The summed E-state index contributed by atoms with van der Waals surface area (Å²) >= 11 is 0. The van der Waals surface area contributed by atoms with Gasteiger partial charge in [0.2, 0.25) is 0 Å². The molecule has 0 radical (unpaired) electrons. The highest BCUT2D eigenvalue weighted by molar-refractivity contribution is 7.90. The molecule has 0 saturated heterocycles. The van der Waals surface area contributed by atoms with Crippen LogP contribution in [0.25, 0.3) is 0 Å². The smallest absolute Gasteiger partial charge is 0.147 e. The van der Waals surface area contributed by atoms with Gasteiger partial charge in [-0.3, -0.25) is 11.3 Å². The van der Waals surface area contributed by atoms with E-state index in [2.05, 4.69) is 19.3 Å². The Labute approximate surface area is 92.5 Å². The number of sulfone groups is 1.